The zero-order valence-corrected chi connectivity index (χ0v) is 7.55. The highest BCUT2D eigenvalue weighted by Crippen LogP contribution is 2.00. The number of hydrogen-bond acceptors (Lipinski definition) is 2. The summed E-state index contributed by atoms with van der Waals surface area (Å²) in [6, 6.07) is -1.23. The van der Waals surface area contributed by atoms with Gasteiger partial charge in [-0.1, -0.05) is 13.8 Å². The molecule has 1 unspecified atom stereocenters. The second-order valence-electron chi connectivity index (χ2n) is 2.84. The molecular formula is C7H15N3O2. The van der Waals surface area contributed by atoms with E-state index in [1.165, 1.54) is 7.05 Å². The number of amides is 3. The van der Waals surface area contributed by atoms with Crippen LogP contribution in [0.15, 0.2) is 0 Å². The van der Waals surface area contributed by atoms with Crippen LogP contribution in [0.4, 0.5) is 4.79 Å². The summed E-state index contributed by atoms with van der Waals surface area (Å²) in [6.45, 7) is 3.66. The van der Waals surface area contributed by atoms with Gasteiger partial charge in [0.15, 0.2) is 0 Å². The Morgan fingerprint density at radius 2 is 1.83 bits per heavy atom. The lowest BCUT2D eigenvalue weighted by atomic mass is 10.0. The molecule has 0 aliphatic carbocycles. The Kier molecular flexibility index (Phi) is 4.10. The summed E-state index contributed by atoms with van der Waals surface area (Å²) in [5.41, 5.74) is 4.89. The first kappa shape index (κ1) is 10.7. The van der Waals surface area contributed by atoms with Gasteiger partial charge in [-0.2, -0.15) is 0 Å². The van der Waals surface area contributed by atoms with Gasteiger partial charge in [-0.05, 0) is 5.92 Å². The molecule has 0 aliphatic heterocycles. The third-order valence-corrected chi connectivity index (χ3v) is 1.49. The maximum absolute atomic E-state index is 11.1. The fourth-order valence-corrected chi connectivity index (χ4v) is 0.844. The first-order chi connectivity index (χ1) is 5.49. The van der Waals surface area contributed by atoms with Gasteiger partial charge in [0.2, 0.25) is 5.91 Å². The van der Waals surface area contributed by atoms with E-state index < -0.39 is 12.1 Å². The van der Waals surface area contributed by atoms with Gasteiger partial charge in [0.25, 0.3) is 0 Å². The van der Waals surface area contributed by atoms with E-state index in [0.29, 0.717) is 0 Å². The lowest BCUT2D eigenvalue weighted by Gasteiger charge is -2.18. The van der Waals surface area contributed by atoms with Crippen molar-refractivity contribution in [2.24, 2.45) is 11.7 Å². The van der Waals surface area contributed by atoms with Crippen LogP contribution in [0.1, 0.15) is 13.8 Å². The molecule has 5 heteroatoms. The molecule has 0 bridgehead atoms. The van der Waals surface area contributed by atoms with Crippen molar-refractivity contribution in [3.63, 3.8) is 0 Å². The van der Waals surface area contributed by atoms with E-state index in [2.05, 4.69) is 10.6 Å². The van der Waals surface area contributed by atoms with Crippen molar-refractivity contribution in [3.8, 4) is 0 Å². The Labute approximate surface area is 71.7 Å². The predicted octanol–water partition coefficient (Wildman–Crippen LogP) is -0.575. The van der Waals surface area contributed by atoms with Crippen molar-refractivity contribution in [1.29, 1.82) is 0 Å². The van der Waals surface area contributed by atoms with Gasteiger partial charge >= 0.3 is 6.03 Å². The highest BCUT2D eigenvalue weighted by atomic mass is 16.2. The monoisotopic (exact) mass is 173 g/mol. The van der Waals surface area contributed by atoms with E-state index >= 15 is 0 Å². The van der Waals surface area contributed by atoms with Crippen LogP contribution < -0.4 is 16.4 Å². The summed E-state index contributed by atoms with van der Waals surface area (Å²) in [4.78, 5) is 21.6. The number of hydrogen-bond donors (Lipinski definition) is 3. The molecule has 0 fully saturated rings. The Morgan fingerprint density at radius 3 is 2.08 bits per heavy atom. The van der Waals surface area contributed by atoms with Crippen LogP contribution in [0.3, 0.4) is 0 Å². The fraction of sp³-hybridized carbons (Fsp3) is 0.714. The van der Waals surface area contributed by atoms with Crippen molar-refractivity contribution < 1.29 is 9.59 Å². The van der Waals surface area contributed by atoms with Crippen LogP contribution in [0.5, 0.6) is 0 Å². The van der Waals surface area contributed by atoms with E-state index in [1.54, 1.807) is 0 Å². The van der Waals surface area contributed by atoms with Crippen LogP contribution in [-0.4, -0.2) is 25.0 Å². The Balaban J connectivity index is 4.23. The molecule has 0 rings (SSSR count). The number of primary amides is 1. The maximum atomic E-state index is 11.1. The average molecular weight is 173 g/mol. The molecule has 0 heterocycles. The molecule has 3 amide bonds. The number of rotatable bonds is 3. The van der Waals surface area contributed by atoms with Crippen molar-refractivity contribution in [3.05, 3.63) is 0 Å². The zero-order chi connectivity index (χ0) is 9.72. The minimum Gasteiger partial charge on any atom is -0.357 e. The highest BCUT2D eigenvalue weighted by Gasteiger charge is 2.21. The third kappa shape index (κ3) is 3.23. The molecule has 0 radical (unpaired) electrons. The molecule has 0 aromatic heterocycles. The third-order valence-electron chi connectivity index (χ3n) is 1.49. The minimum atomic E-state index is -0.683. The number of likely N-dealkylation sites (N-methyl/N-ethyl adjacent to an activating group) is 1. The summed E-state index contributed by atoms with van der Waals surface area (Å²) in [5.74, 6) is -0.207. The largest absolute Gasteiger partial charge is 0.357 e. The average Bonchev–Trinajstić information content (AvgIpc) is 1.98. The molecule has 4 N–H and O–H groups in total. The van der Waals surface area contributed by atoms with E-state index in [4.69, 9.17) is 5.73 Å². The van der Waals surface area contributed by atoms with Gasteiger partial charge in [0.1, 0.15) is 6.04 Å². The number of carbonyl (C=O) groups is 2. The summed E-state index contributed by atoms with van der Waals surface area (Å²) >= 11 is 0. The summed E-state index contributed by atoms with van der Waals surface area (Å²) in [6.07, 6.45) is 0. The molecule has 0 aliphatic rings. The highest BCUT2D eigenvalue weighted by molar-refractivity contribution is 5.86. The molecule has 0 aromatic carbocycles. The predicted molar refractivity (Wildman–Crippen MR) is 45.4 cm³/mol. The van der Waals surface area contributed by atoms with Crippen LogP contribution in [0.2, 0.25) is 0 Å². The van der Waals surface area contributed by atoms with Gasteiger partial charge in [0.05, 0.1) is 0 Å². The minimum absolute atomic E-state index is 0.0254. The van der Waals surface area contributed by atoms with Crippen molar-refractivity contribution in [2.45, 2.75) is 19.9 Å². The topological polar surface area (TPSA) is 84.2 Å². The molecular weight excluding hydrogens is 158 g/mol. The quantitative estimate of drug-likeness (QED) is 0.533. The van der Waals surface area contributed by atoms with E-state index in [9.17, 15) is 9.59 Å². The molecule has 5 nitrogen and oxygen atoms in total. The van der Waals surface area contributed by atoms with Crippen molar-refractivity contribution in [2.75, 3.05) is 7.05 Å². The lowest BCUT2D eigenvalue weighted by molar-refractivity contribution is -0.123. The van der Waals surface area contributed by atoms with E-state index in [1.807, 2.05) is 13.8 Å². The number of carbonyl (C=O) groups excluding carboxylic acids is 2. The van der Waals surface area contributed by atoms with Crippen LogP contribution in [0.25, 0.3) is 0 Å². The Bertz CT molecular complexity index is 179. The van der Waals surface area contributed by atoms with Gasteiger partial charge < -0.3 is 16.4 Å². The summed E-state index contributed by atoms with van der Waals surface area (Å²) in [5, 5.41) is 4.80. The first-order valence-corrected chi connectivity index (χ1v) is 3.76. The Hall–Kier alpha value is -1.26. The van der Waals surface area contributed by atoms with Crippen LogP contribution in [-0.2, 0) is 4.79 Å². The Morgan fingerprint density at radius 1 is 1.33 bits per heavy atom. The van der Waals surface area contributed by atoms with Crippen LogP contribution in [0, 0.1) is 5.92 Å². The fourth-order valence-electron chi connectivity index (χ4n) is 0.844. The van der Waals surface area contributed by atoms with E-state index in [-0.39, 0.29) is 11.8 Å². The second kappa shape index (κ2) is 4.58. The molecule has 0 aromatic rings. The van der Waals surface area contributed by atoms with E-state index in [0.717, 1.165) is 0 Å². The summed E-state index contributed by atoms with van der Waals surface area (Å²) < 4.78 is 0. The van der Waals surface area contributed by atoms with Gasteiger partial charge in [-0.15, -0.1) is 0 Å². The molecule has 0 spiro atoms. The smallest absolute Gasteiger partial charge is 0.312 e. The summed E-state index contributed by atoms with van der Waals surface area (Å²) in [7, 11) is 1.51. The molecule has 70 valence electrons. The number of nitrogens with two attached hydrogens (primary N) is 1. The maximum Gasteiger partial charge on any atom is 0.312 e. The van der Waals surface area contributed by atoms with Gasteiger partial charge in [0, 0.05) is 7.05 Å². The normalized spacial score (nSPS) is 12.3. The van der Waals surface area contributed by atoms with Gasteiger partial charge in [-0.25, -0.2) is 4.79 Å². The standard InChI is InChI=1S/C7H15N3O2/c1-4(2)5(6(11)9-3)10-7(8)12/h4-5H,1-3H3,(H,9,11)(H3,8,10,12). The second-order valence-corrected chi connectivity index (χ2v) is 2.84. The lowest BCUT2D eigenvalue weighted by Crippen LogP contribution is -2.50. The van der Waals surface area contributed by atoms with Crippen molar-refractivity contribution >= 4 is 11.9 Å². The molecule has 1 atom stereocenters. The molecule has 0 saturated heterocycles. The van der Waals surface area contributed by atoms with Crippen LogP contribution >= 0.6 is 0 Å². The first-order valence-electron chi connectivity index (χ1n) is 3.76. The molecule has 0 saturated carbocycles. The molecule has 12 heavy (non-hydrogen) atoms. The number of urea groups is 1. The van der Waals surface area contributed by atoms with Crippen molar-refractivity contribution in [1.82, 2.24) is 10.6 Å². The zero-order valence-electron chi connectivity index (χ0n) is 7.55. The SMILES string of the molecule is CNC(=O)C(NC(N)=O)C(C)C. The van der Waals surface area contributed by atoms with Gasteiger partial charge in [-0.3, -0.25) is 4.79 Å². The number of nitrogens with one attached hydrogen (secondary N) is 2.